The predicted molar refractivity (Wildman–Crippen MR) is 42.8 cm³/mol. The van der Waals surface area contributed by atoms with Crippen LogP contribution < -0.4 is 0 Å². The summed E-state index contributed by atoms with van der Waals surface area (Å²) in [4.78, 5) is 15.7. The van der Waals surface area contributed by atoms with E-state index >= 15 is 0 Å². The predicted octanol–water partition coefficient (Wildman–Crippen LogP) is 0.572. The summed E-state index contributed by atoms with van der Waals surface area (Å²) in [5, 5.41) is 1.21. The summed E-state index contributed by atoms with van der Waals surface area (Å²) in [6.45, 7) is 1.81. The molecule has 0 bridgehead atoms. The van der Waals surface area contributed by atoms with Gasteiger partial charge in [-0.05, 0) is 0 Å². The number of thiol groups is 1. The van der Waals surface area contributed by atoms with Crippen molar-refractivity contribution >= 4 is 18.5 Å². The molecule has 0 radical (unpaired) electrons. The fraction of sp³-hybridized carbons (Fsp3) is 0.833. The molecule has 1 atom stereocenters. The van der Waals surface area contributed by atoms with Gasteiger partial charge < -0.3 is 0 Å². The van der Waals surface area contributed by atoms with Gasteiger partial charge in [-0.2, -0.15) is 12.6 Å². The number of amides is 1. The first-order valence-electron chi connectivity index (χ1n) is 3.06. The van der Waals surface area contributed by atoms with Crippen molar-refractivity contribution < 1.29 is 9.63 Å². The van der Waals surface area contributed by atoms with Crippen molar-refractivity contribution in [2.75, 3.05) is 19.9 Å². The van der Waals surface area contributed by atoms with Crippen molar-refractivity contribution in [3.8, 4) is 0 Å². The van der Waals surface area contributed by atoms with Crippen molar-refractivity contribution in [3.05, 3.63) is 0 Å². The Kier molecular flexibility index (Phi) is 4.47. The minimum atomic E-state index is -0.0757. The van der Waals surface area contributed by atoms with Crippen molar-refractivity contribution in [2.45, 2.75) is 6.92 Å². The van der Waals surface area contributed by atoms with Gasteiger partial charge >= 0.3 is 0 Å². The van der Waals surface area contributed by atoms with E-state index in [1.165, 1.54) is 12.2 Å². The molecule has 3 nitrogen and oxygen atoms in total. The van der Waals surface area contributed by atoms with Gasteiger partial charge in [0, 0.05) is 18.7 Å². The Balaban J connectivity index is 3.82. The lowest BCUT2D eigenvalue weighted by Gasteiger charge is -2.16. The van der Waals surface area contributed by atoms with E-state index in [4.69, 9.17) is 0 Å². The number of hydroxylamine groups is 2. The van der Waals surface area contributed by atoms with Crippen LogP contribution in [0.5, 0.6) is 0 Å². The summed E-state index contributed by atoms with van der Waals surface area (Å²) in [6, 6.07) is 0. The van der Waals surface area contributed by atoms with Crippen LogP contribution in [0.3, 0.4) is 0 Å². The first-order valence-corrected chi connectivity index (χ1v) is 3.69. The van der Waals surface area contributed by atoms with Crippen LogP contribution in [-0.4, -0.2) is 30.9 Å². The molecule has 0 aliphatic rings. The van der Waals surface area contributed by atoms with Crippen LogP contribution in [0.1, 0.15) is 6.92 Å². The van der Waals surface area contributed by atoms with E-state index in [-0.39, 0.29) is 11.8 Å². The minimum Gasteiger partial charge on any atom is -0.275 e. The SMILES string of the molecule is CON(C)C(=O)[C@H](C)CS. The maximum absolute atomic E-state index is 11.1. The van der Waals surface area contributed by atoms with Gasteiger partial charge in [0.1, 0.15) is 0 Å². The molecule has 0 rings (SSSR count). The largest absolute Gasteiger partial charge is 0.275 e. The molecule has 0 fully saturated rings. The van der Waals surface area contributed by atoms with Crippen LogP contribution in [0.4, 0.5) is 0 Å². The van der Waals surface area contributed by atoms with Crippen LogP contribution in [0.25, 0.3) is 0 Å². The molecule has 4 heteroatoms. The third-order valence-corrected chi connectivity index (χ3v) is 1.83. The smallest absolute Gasteiger partial charge is 0.249 e. The highest BCUT2D eigenvalue weighted by Crippen LogP contribution is 2.01. The Morgan fingerprint density at radius 1 is 1.80 bits per heavy atom. The first-order chi connectivity index (χ1) is 4.63. The Bertz CT molecular complexity index is 106. The molecule has 0 saturated carbocycles. The summed E-state index contributed by atoms with van der Waals surface area (Å²) in [6.07, 6.45) is 0. The standard InChI is InChI=1S/C6H13NO2S/c1-5(4-10)6(8)7(2)9-3/h5,10H,4H2,1-3H3/t5-/m1/s1. The summed E-state index contributed by atoms with van der Waals surface area (Å²) in [5.41, 5.74) is 0. The fourth-order valence-corrected chi connectivity index (χ4v) is 0.635. The summed E-state index contributed by atoms with van der Waals surface area (Å²) in [5.74, 6) is 0.429. The second-order valence-electron chi connectivity index (χ2n) is 2.10. The van der Waals surface area contributed by atoms with Gasteiger partial charge in [-0.15, -0.1) is 0 Å². The summed E-state index contributed by atoms with van der Waals surface area (Å²) < 4.78 is 0. The molecule has 1 amide bonds. The van der Waals surface area contributed by atoms with E-state index in [1.807, 2.05) is 6.92 Å². The summed E-state index contributed by atoms with van der Waals surface area (Å²) in [7, 11) is 3.05. The highest BCUT2D eigenvalue weighted by atomic mass is 32.1. The Morgan fingerprint density at radius 2 is 2.30 bits per heavy atom. The van der Waals surface area contributed by atoms with Gasteiger partial charge in [-0.3, -0.25) is 9.63 Å². The highest BCUT2D eigenvalue weighted by Gasteiger charge is 2.14. The van der Waals surface area contributed by atoms with Gasteiger partial charge in [0.05, 0.1) is 7.11 Å². The molecule has 0 aromatic rings. The van der Waals surface area contributed by atoms with Gasteiger partial charge in [-0.1, -0.05) is 6.92 Å². The van der Waals surface area contributed by atoms with Gasteiger partial charge in [0.25, 0.3) is 0 Å². The quantitative estimate of drug-likeness (QED) is 0.487. The van der Waals surface area contributed by atoms with Crippen molar-refractivity contribution in [1.29, 1.82) is 0 Å². The van der Waals surface area contributed by atoms with E-state index < -0.39 is 0 Å². The van der Waals surface area contributed by atoms with Gasteiger partial charge in [0.2, 0.25) is 5.91 Å². The average molecular weight is 163 g/mol. The maximum atomic E-state index is 11.1. The average Bonchev–Trinajstić information content (AvgIpc) is 2.00. The molecule has 10 heavy (non-hydrogen) atoms. The van der Waals surface area contributed by atoms with Crippen LogP contribution in [0, 0.1) is 5.92 Å². The zero-order valence-corrected chi connectivity index (χ0v) is 7.39. The van der Waals surface area contributed by atoms with Gasteiger partial charge in [0.15, 0.2) is 0 Å². The third kappa shape index (κ3) is 2.58. The van der Waals surface area contributed by atoms with Crippen molar-refractivity contribution in [3.63, 3.8) is 0 Å². The zero-order chi connectivity index (χ0) is 8.15. The Morgan fingerprint density at radius 3 is 2.60 bits per heavy atom. The van der Waals surface area contributed by atoms with E-state index in [0.717, 1.165) is 0 Å². The van der Waals surface area contributed by atoms with Crippen molar-refractivity contribution in [1.82, 2.24) is 5.06 Å². The molecule has 0 aromatic carbocycles. The topological polar surface area (TPSA) is 29.5 Å². The third-order valence-electron chi connectivity index (χ3n) is 1.28. The lowest BCUT2D eigenvalue weighted by molar-refractivity contribution is -0.172. The molecular formula is C6H13NO2S. The number of carbonyl (C=O) groups excluding carboxylic acids is 1. The fourth-order valence-electron chi connectivity index (χ4n) is 0.478. The molecule has 0 aliphatic heterocycles. The van der Waals surface area contributed by atoms with E-state index in [2.05, 4.69) is 17.5 Å². The molecule has 0 unspecified atom stereocenters. The summed E-state index contributed by atoms with van der Waals surface area (Å²) >= 11 is 3.99. The van der Waals surface area contributed by atoms with Crippen LogP contribution in [0.15, 0.2) is 0 Å². The van der Waals surface area contributed by atoms with E-state index in [1.54, 1.807) is 7.05 Å². The molecular weight excluding hydrogens is 150 g/mol. The van der Waals surface area contributed by atoms with E-state index in [0.29, 0.717) is 5.75 Å². The monoisotopic (exact) mass is 163 g/mol. The van der Waals surface area contributed by atoms with Gasteiger partial charge in [-0.25, -0.2) is 5.06 Å². The number of nitrogens with zero attached hydrogens (tertiary/aromatic N) is 1. The number of carbonyl (C=O) groups is 1. The second kappa shape index (κ2) is 4.57. The number of hydrogen-bond donors (Lipinski definition) is 1. The molecule has 0 saturated heterocycles. The van der Waals surface area contributed by atoms with Crippen LogP contribution >= 0.6 is 12.6 Å². The molecule has 0 aliphatic carbocycles. The molecule has 0 heterocycles. The highest BCUT2D eigenvalue weighted by molar-refractivity contribution is 7.80. The molecule has 0 spiro atoms. The second-order valence-corrected chi connectivity index (χ2v) is 2.47. The zero-order valence-electron chi connectivity index (χ0n) is 6.50. The lowest BCUT2D eigenvalue weighted by atomic mass is 10.2. The van der Waals surface area contributed by atoms with Crippen LogP contribution in [0.2, 0.25) is 0 Å². The number of hydrogen-bond acceptors (Lipinski definition) is 3. The maximum Gasteiger partial charge on any atom is 0.249 e. The Labute approximate surface area is 66.7 Å². The van der Waals surface area contributed by atoms with E-state index in [9.17, 15) is 4.79 Å². The minimum absolute atomic E-state index is 0.0440. The normalized spacial score (nSPS) is 12.8. The molecule has 0 N–H and O–H groups in total. The van der Waals surface area contributed by atoms with Crippen molar-refractivity contribution in [2.24, 2.45) is 5.92 Å². The first kappa shape index (κ1) is 9.78. The Hall–Kier alpha value is -0.220. The lowest BCUT2D eigenvalue weighted by Crippen LogP contribution is -2.31. The molecule has 60 valence electrons. The number of rotatable bonds is 3. The van der Waals surface area contributed by atoms with Crippen LogP contribution in [-0.2, 0) is 9.63 Å². The molecule has 0 aromatic heterocycles.